The first-order valence-corrected chi connectivity index (χ1v) is 12.7. The molecule has 0 amide bonds. The molecule has 6 rings (SSSR count). The lowest BCUT2D eigenvalue weighted by Gasteiger charge is -2.11. The predicted octanol–water partition coefficient (Wildman–Crippen LogP) is 6.92. The summed E-state index contributed by atoms with van der Waals surface area (Å²) < 4.78 is 2.28. The van der Waals surface area contributed by atoms with Crippen LogP contribution in [-0.4, -0.2) is 15.0 Å². The van der Waals surface area contributed by atoms with Crippen LogP contribution in [0.25, 0.3) is 20.4 Å². The van der Waals surface area contributed by atoms with E-state index >= 15 is 0 Å². The zero-order chi connectivity index (χ0) is 19.9. The van der Waals surface area contributed by atoms with Gasteiger partial charge < -0.3 is 0 Å². The Kier molecular flexibility index (Phi) is 4.78. The van der Waals surface area contributed by atoms with Crippen LogP contribution in [0, 0.1) is 0 Å². The van der Waals surface area contributed by atoms with Crippen molar-refractivity contribution in [3.05, 3.63) is 76.4 Å². The minimum absolute atomic E-state index is 0.757. The fourth-order valence-electron chi connectivity index (χ4n) is 4.07. The average Bonchev–Trinajstić information content (AvgIpc) is 3.34. The van der Waals surface area contributed by atoms with Gasteiger partial charge in [-0.1, -0.05) is 42.5 Å². The molecule has 2 aromatic carbocycles. The van der Waals surface area contributed by atoms with Gasteiger partial charge in [0.2, 0.25) is 0 Å². The van der Waals surface area contributed by atoms with Gasteiger partial charge >= 0.3 is 0 Å². The maximum atomic E-state index is 5.07. The Labute approximate surface area is 187 Å². The Bertz CT molecular complexity index is 1320. The maximum Gasteiger partial charge on any atom is 0.157 e. The SMILES string of the molecule is c1ccc(Cc2nc(Sc3nc4ccccc4s3)c3c4c(sc3n2)CCCC4)cc1. The molecule has 5 aromatic rings. The molecule has 0 saturated carbocycles. The Morgan fingerprint density at radius 1 is 0.833 bits per heavy atom. The molecule has 1 aliphatic carbocycles. The molecule has 0 atom stereocenters. The Hall–Kier alpha value is -2.28. The van der Waals surface area contributed by atoms with Crippen LogP contribution < -0.4 is 0 Å². The zero-order valence-corrected chi connectivity index (χ0v) is 18.7. The van der Waals surface area contributed by atoms with Crippen molar-refractivity contribution in [1.82, 2.24) is 15.0 Å². The van der Waals surface area contributed by atoms with Crippen LogP contribution in [0.3, 0.4) is 0 Å². The van der Waals surface area contributed by atoms with Gasteiger partial charge in [-0.2, -0.15) is 0 Å². The number of hydrogen-bond acceptors (Lipinski definition) is 6. The number of hydrogen-bond donors (Lipinski definition) is 0. The summed E-state index contributed by atoms with van der Waals surface area (Å²) in [4.78, 5) is 17.6. The molecule has 0 saturated heterocycles. The van der Waals surface area contributed by atoms with Crippen LogP contribution >= 0.6 is 34.4 Å². The number of fused-ring (bicyclic) bond motifs is 4. The zero-order valence-electron chi connectivity index (χ0n) is 16.3. The minimum atomic E-state index is 0.757. The first-order valence-electron chi connectivity index (χ1n) is 10.2. The number of benzene rings is 2. The summed E-state index contributed by atoms with van der Waals surface area (Å²) in [5.74, 6) is 0.899. The lowest BCUT2D eigenvalue weighted by Crippen LogP contribution is -2.01. The Morgan fingerprint density at radius 2 is 1.67 bits per heavy atom. The van der Waals surface area contributed by atoms with E-state index in [1.165, 1.54) is 45.4 Å². The lowest BCUT2D eigenvalue weighted by atomic mass is 9.97. The molecule has 0 spiro atoms. The number of aryl methyl sites for hydroxylation is 2. The van der Waals surface area contributed by atoms with Crippen molar-refractivity contribution in [1.29, 1.82) is 0 Å². The quantitative estimate of drug-likeness (QED) is 0.281. The summed E-state index contributed by atoms with van der Waals surface area (Å²) in [6.45, 7) is 0. The summed E-state index contributed by atoms with van der Waals surface area (Å²) in [7, 11) is 0. The van der Waals surface area contributed by atoms with Crippen LogP contribution in [0.5, 0.6) is 0 Å². The molecule has 1 aliphatic rings. The Balaban J connectivity index is 1.47. The second kappa shape index (κ2) is 7.76. The van der Waals surface area contributed by atoms with Gasteiger partial charge in [-0.25, -0.2) is 15.0 Å². The third kappa shape index (κ3) is 3.43. The van der Waals surface area contributed by atoms with Crippen molar-refractivity contribution >= 4 is 54.9 Å². The number of thiophene rings is 1. The third-order valence-electron chi connectivity index (χ3n) is 5.49. The van der Waals surface area contributed by atoms with E-state index in [4.69, 9.17) is 15.0 Å². The highest BCUT2D eigenvalue weighted by molar-refractivity contribution is 8.01. The fourth-order valence-corrected chi connectivity index (χ4v) is 7.57. The van der Waals surface area contributed by atoms with Gasteiger partial charge in [-0.15, -0.1) is 22.7 Å². The molecular weight excluding hydrogens is 426 g/mol. The van der Waals surface area contributed by atoms with Gasteiger partial charge in [0.1, 0.15) is 15.7 Å². The van der Waals surface area contributed by atoms with Crippen LogP contribution in [0.15, 0.2) is 64.0 Å². The van der Waals surface area contributed by atoms with E-state index in [1.807, 2.05) is 17.4 Å². The van der Waals surface area contributed by atoms with Crippen LogP contribution in [0.2, 0.25) is 0 Å². The smallest absolute Gasteiger partial charge is 0.157 e. The van der Waals surface area contributed by atoms with Crippen LogP contribution in [0.1, 0.15) is 34.7 Å². The topological polar surface area (TPSA) is 38.7 Å². The highest BCUT2D eigenvalue weighted by atomic mass is 32.2. The molecular formula is C24H19N3S3. The van der Waals surface area contributed by atoms with Gasteiger partial charge in [-0.05, 0) is 60.7 Å². The highest BCUT2D eigenvalue weighted by Gasteiger charge is 2.22. The second-order valence-electron chi connectivity index (χ2n) is 7.55. The second-order valence-corrected chi connectivity index (χ2v) is 10.9. The van der Waals surface area contributed by atoms with E-state index in [9.17, 15) is 0 Å². The normalized spacial score (nSPS) is 13.7. The molecule has 148 valence electrons. The molecule has 0 fully saturated rings. The van der Waals surface area contributed by atoms with Crippen LogP contribution in [-0.2, 0) is 19.3 Å². The summed E-state index contributed by atoms with van der Waals surface area (Å²) in [6.07, 6.45) is 5.62. The monoisotopic (exact) mass is 445 g/mol. The Morgan fingerprint density at radius 3 is 2.57 bits per heavy atom. The minimum Gasteiger partial charge on any atom is -0.229 e. The number of rotatable bonds is 4. The van der Waals surface area contributed by atoms with Gasteiger partial charge in [0.05, 0.1) is 10.2 Å². The van der Waals surface area contributed by atoms with Crippen molar-refractivity contribution in [2.75, 3.05) is 0 Å². The van der Waals surface area contributed by atoms with Crippen molar-refractivity contribution in [2.45, 2.75) is 41.5 Å². The summed E-state index contributed by atoms with van der Waals surface area (Å²) in [5, 5.41) is 2.35. The van der Waals surface area contributed by atoms with Crippen molar-refractivity contribution in [2.24, 2.45) is 0 Å². The van der Waals surface area contributed by atoms with Crippen molar-refractivity contribution in [3.8, 4) is 0 Å². The molecule has 0 radical (unpaired) electrons. The molecule has 0 unspecified atom stereocenters. The molecule has 3 aromatic heterocycles. The van der Waals surface area contributed by atoms with Gasteiger partial charge in [0.15, 0.2) is 4.34 Å². The molecule has 0 aliphatic heterocycles. The third-order valence-corrected chi connectivity index (χ3v) is 8.76. The van der Waals surface area contributed by atoms with E-state index in [0.29, 0.717) is 0 Å². The van der Waals surface area contributed by atoms with E-state index in [0.717, 1.165) is 38.4 Å². The van der Waals surface area contributed by atoms with E-state index in [-0.39, 0.29) is 0 Å². The number of para-hydroxylation sites is 1. The molecule has 30 heavy (non-hydrogen) atoms. The van der Waals surface area contributed by atoms with E-state index in [2.05, 4.69) is 48.5 Å². The summed E-state index contributed by atoms with van der Waals surface area (Å²) in [5.41, 5.74) is 3.79. The number of thiazole rings is 1. The molecule has 6 heteroatoms. The molecule has 0 N–H and O–H groups in total. The maximum absolute atomic E-state index is 5.07. The lowest BCUT2D eigenvalue weighted by molar-refractivity contribution is 0.699. The molecule has 3 nitrogen and oxygen atoms in total. The van der Waals surface area contributed by atoms with Crippen molar-refractivity contribution in [3.63, 3.8) is 0 Å². The van der Waals surface area contributed by atoms with Gasteiger partial charge in [-0.3, -0.25) is 0 Å². The fraction of sp³-hybridized carbons (Fsp3) is 0.208. The van der Waals surface area contributed by atoms with Crippen LogP contribution in [0.4, 0.5) is 0 Å². The number of nitrogens with zero attached hydrogens (tertiary/aromatic N) is 3. The average molecular weight is 446 g/mol. The van der Waals surface area contributed by atoms with E-state index < -0.39 is 0 Å². The van der Waals surface area contributed by atoms with Crippen molar-refractivity contribution < 1.29 is 0 Å². The predicted molar refractivity (Wildman–Crippen MR) is 127 cm³/mol. The first-order chi connectivity index (χ1) is 14.8. The standard InChI is InChI=1S/C24H19N3S3/c1-2-8-15(9-3-1)14-20-26-22-21(16-10-4-6-12-18(16)28-22)23(27-20)30-24-25-17-11-5-7-13-19(17)29-24/h1-3,5,7-9,11,13H,4,6,10,12,14H2. The number of aromatic nitrogens is 3. The first kappa shape index (κ1) is 18.5. The highest BCUT2D eigenvalue weighted by Crippen LogP contribution is 2.43. The summed E-state index contributed by atoms with van der Waals surface area (Å²) >= 11 is 5.33. The largest absolute Gasteiger partial charge is 0.229 e. The van der Waals surface area contributed by atoms with E-state index in [1.54, 1.807) is 23.1 Å². The molecule has 0 bridgehead atoms. The summed E-state index contributed by atoms with van der Waals surface area (Å²) in [6, 6.07) is 18.8. The van der Waals surface area contributed by atoms with Gasteiger partial charge in [0, 0.05) is 16.7 Å². The molecule has 3 heterocycles. The van der Waals surface area contributed by atoms with Gasteiger partial charge in [0.25, 0.3) is 0 Å².